The molecule has 1 rings (SSSR count). The van der Waals surface area contributed by atoms with Crippen LogP contribution < -0.4 is 5.73 Å². The fourth-order valence-electron chi connectivity index (χ4n) is 3.85. The van der Waals surface area contributed by atoms with E-state index in [4.69, 9.17) is 5.73 Å². The van der Waals surface area contributed by atoms with E-state index >= 15 is 0 Å². The lowest BCUT2D eigenvalue weighted by atomic mass is 9.68. The number of hydrogen-bond acceptors (Lipinski definition) is 2. The number of hydrogen-bond donors (Lipinski definition) is 1. The smallest absolute Gasteiger partial charge is 0.0357 e. The second-order valence-corrected chi connectivity index (χ2v) is 6.17. The standard InChI is InChI=1S/C15H32N2/c1-6-14(7-2)17(5)15(11-16)9-8-12(3)10-13(15)4/h12-14H,6-11,16H2,1-5H3. The number of nitrogens with two attached hydrogens (primary N) is 1. The minimum absolute atomic E-state index is 0.253. The van der Waals surface area contributed by atoms with Crippen LogP contribution in [0.1, 0.15) is 59.8 Å². The largest absolute Gasteiger partial charge is 0.329 e. The summed E-state index contributed by atoms with van der Waals surface area (Å²) in [5.74, 6) is 1.60. The fraction of sp³-hybridized carbons (Fsp3) is 1.00. The molecule has 0 aromatic heterocycles. The van der Waals surface area contributed by atoms with E-state index < -0.39 is 0 Å². The summed E-state index contributed by atoms with van der Waals surface area (Å²) in [6.07, 6.45) is 6.42. The summed E-state index contributed by atoms with van der Waals surface area (Å²) in [6.45, 7) is 10.2. The molecule has 0 radical (unpaired) electrons. The quantitative estimate of drug-likeness (QED) is 0.799. The minimum atomic E-state index is 0.253. The predicted octanol–water partition coefficient (Wildman–Crippen LogP) is 3.26. The Morgan fingerprint density at radius 3 is 2.29 bits per heavy atom. The van der Waals surface area contributed by atoms with E-state index in [1.165, 1.54) is 32.1 Å². The van der Waals surface area contributed by atoms with E-state index in [0.29, 0.717) is 6.04 Å². The Labute approximate surface area is 108 Å². The molecule has 17 heavy (non-hydrogen) atoms. The zero-order valence-electron chi connectivity index (χ0n) is 12.5. The topological polar surface area (TPSA) is 29.3 Å². The van der Waals surface area contributed by atoms with E-state index in [-0.39, 0.29) is 5.54 Å². The van der Waals surface area contributed by atoms with E-state index in [9.17, 15) is 0 Å². The van der Waals surface area contributed by atoms with Gasteiger partial charge in [0.1, 0.15) is 0 Å². The fourth-order valence-corrected chi connectivity index (χ4v) is 3.85. The molecule has 2 heteroatoms. The summed E-state index contributed by atoms with van der Waals surface area (Å²) in [5.41, 5.74) is 6.43. The normalized spacial score (nSPS) is 34.6. The summed E-state index contributed by atoms with van der Waals surface area (Å²) >= 11 is 0. The van der Waals surface area contributed by atoms with Gasteiger partial charge in [-0.05, 0) is 51.0 Å². The van der Waals surface area contributed by atoms with Crippen molar-refractivity contribution in [3.63, 3.8) is 0 Å². The van der Waals surface area contributed by atoms with Crippen LogP contribution in [0.15, 0.2) is 0 Å². The summed E-state index contributed by atoms with van der Waals surface area (Å²) < 4.78 is 0. The maximum Gasteiger partial charge on any atom is 0.0357 e. The molecule has 0 aromatic rings. The van der Waals surface area contributed by atoms with Gasteiger partial charge in [0.05, 0.1) is 0 Å². The van der Waals surface area contributed by atoms with Crippen molar-refractivity contribution in [3.05, 3.63) is 0 Å². The van der Waals surface area contributed by atoms with Crippen LogP contribution in [0.25, 0.3) is 0 Å². The van der Waals surface area contributed by atoms with Crippen LogP contribution in [-0.4, -0.2) is 30.1 Å². The van der Waals surface area contributed by atoms with Crippen LogP contribution >= 0.6 is 0 Å². The van der Waals surface area contributed by atoms with Crippen molar-refractivity contribution in [3.8, 4) is 0 Å². The first kappa shape index (κ1) is 15.0. The highest BCUT2D eigenvalue weighted by Crippen LogP contribution is 2.41. The van der Waals surface area contributed by atoms with Crippen molar-refractivity contribution < 1.29 is 0 Å². The molecule has 0 aliphatic heterocycles. The molecule has 1 saturated carbocycles. The Kier molecular flexibility index (Phi) is 5.46. The van der Waals surface area contributed by atoms with Gasteiger partial charge < -0.3 is 5.73 Å². The Hall–Kier alpha value is -0.0800. The zero-order valence-corrected chi connectivity index (χ0v) is 12.5. The van der Waals surface area contributed by atoms with Crippen molar-refractivity contribution in [2.75, 3.05) is 13.6 Å². The zero-order chi connectivity index (χ0) is 13.1. The first-order valence-corrected chi connectivity index (χ1v) is 7.44. The average Bonchev–Trinajstić information content (AvgIpc) is 2.31. The molecule has 0 saturated heterocycles. The summed E-state index contributed by atoms with van der Waals surface area (Å²) in [6, 6.07) is 0.689. The van der Waals surface area contributed by atoms with Gasteiger partial charge in [-0.3, -0.25) is 4.90 Å². The lowest BCUT2D eigenvalue weighted by Crippen LogP contribution is -2.61. The number of likely N-dealkylation sites (N-methyl/N-ethyl adjacent to an activating group) is 1. The number of rotatable bonds is 5. The average molecular weight is 240 g/mol. The molecule has 0 heterocycles. The van der Waals surface area contributed by atoms with E-state index in [1.54, 1.807) is 0 Å². The van der Waals surface area contributed by atoms with Gasteiger partial charge >= 0.3 is 0 Å². The van der Waals surface area contributed by atoms with Gasteiger partial charge in [0, 0.05) is 18.1 Å². The molecular formula is C15H32N2. The molecule has 2 nitrogen and oxygen atoms in total. The molecule has 0 amide bonds. The monoisotopic (exact) mass is 240 g/mol. The van der Waals surface area contributed by atoms with Crippen molar-refractivity contribution in [1.29, 1.82) is 0 Å². The van der Waals surface area contributed by atoms with E-state index in [0.717, 1.165) is 18.4 Å². The lowest BCUT2D eigenvalue weighted by molar-refractivity contribution is -0.0121. The second-order valence-electron chi connectivity index (χ2n) is 6.17. The van der Waals surface area contributed by atoms with Crippen molar-refractivity contribution in [2.45, 2.75) is 71.4 Å². The molecule has 3 unspecified atom stereocenters. The van der Waals surface area contributed by atoms with Crippen molar-refractivity contribution in [1.82, 2.24) is 4.90 Å². The molecule has 0 bridgehead atoms. The molecule has 0 aromatic carbocycles. The first-order chi connectivity index (χ1) is 8.01. The Morgan fingerprint density at radius 2 is 1.88 bits per heavy atom. The lowest BCUT2D eigenvalue weighted by Gasteiger charge is -2.52. The van der Waals surface area contributed by atoms with Gasteiger partial charge in [0.2, 0.25) is 0 Å². The predicted molar refractivity (Wildman–Crippen MR) is 76.1 cm³/mol. The molecule has 1 fully saturated rings. The first-order valence-electron chi connectivity index (χ1n) is 7.44. The molecule has 3 atom stereocenters. The number of nitrogens with zero attached hydrogens (tertiary/aromatic N) is 1. The molecule has 2 N–H and O–H groups in total. The third-order valence-corrected chi connectivity index (χ3v) is 5.29. The molecular weight excluding hydrogens is 208 g/mol. The Morgan fingerprint density at radius 1 is 1.29 bits per heavy atom. The van der Waals surface area contributed by atoms with Crippen molar-refractivity contribution >= 4 is 0 Å². The van der Waals surface area contributed by atoms with Gasteiger partial charge in [-0.2, -0.15) is 0 Å². The van der Waals surface area contributed by atoms with Gasteiger partial charge in [0.15, 0.2) is 0 Å². The third-order valence-electron chi connectivity index (χ3n) is 5.29. The minimum Gasteiger partial charge on any atom is -0.329 e. The Balaban J connectivity index is 2.86. The van der Waals surface area contributed by atoms with Crippen LogP contribution in [0, 0.1) is 11.8 Å². The summed E-state index contributed by atoms with van der Waals surface area (Å²) in [7, 11) is 2.30. The summed E-state index contributed by atoms with van der Waals surface area (Å²) in [5, 5.41) is 0. The van der Waals surface area contributed by atoms with Crippen molar-refractivity contribution in [2.24, 2.45) is 17.6 Å². The van der Waals surface area contributed by atoms with Crippen LogP contribution in [0.2, 0.25) is 0 Å². The molecule has 0 spiro atoms. The van der Waals surface area contributed by atoms with Gasteiger partial charge in [-0.1, -0.05) is 27.7 Å². The maximum absolute atomic E-state index is 6.18. The van der Waals surface area contributed by atoms with Gasteiger partial charge in [-0.25, -0.2) is 0 Å². The molecule has 1 aliphatic carbocycles. The molecule has 102 valence electrons. The highest BCUT2D eigenvalue weighted by molar-refractivity contribution is 5.00. The molecule has 1 aliphatic rings. The van der Waals surface area contributed by atoms with Crippen LogP contribution in [-0.2, 0) is 0 Å². The van der Waals surface area contributed by atoms with Crippen LogP contribution in [0.3, 0.4) is 0 Å². The highest BCUT2D eigenvalue weighted by atomic mass is 15.2. The third kappa shape index (κ3) is 2.85. The highest BCUT2D eigenvalue weighted by Gasteiger charge is 2.43. The van der Waals surface area contributed by atoms with Gasteiger partial charge in [0.25, 0.3) is 0 Å². The SMILES string of the molecule is CCC(CC)N(C)C1(CN)CCC(C)CC1C. The van der Waals surface area contributed by atoms with Crippen LogP contribution in [0.5, 0.6) is 0 Å². The van der Waals surface area contributed by atoms with E-state index in [1.807, 2.05) is 0 Å². The second kappa shape index (κ2) is 6.19. The summed E-state index contributed by atoms with van der Waals surface area (Å²) in [4.78, 5) is 2.61. The van der Waals surface area contributed by atoms with E-state index in [2.05, 4.69) is 39.6 Å². The Bertz CT molecular complexity index is 225. The van der Waals surface area contributed by atoms with Gasteiger partial charge in [-0.15, -0.1) is 0 Å². The maximum atomic E-state index is 6.18. The van der Waals surface area contributed by atoms with Crippen LogP contribution in [0.4, 0.5) is 0 Å².